The lowest BCUT2D eigenvalue weighted by Crippen LogP contribution is -2.30. The second kappa shape index (κ2) is 5.08. The van der Waals surface area contributed by atoms with Gasteiger partial charge in [0.2, 0.25) is 0 Å². The molecule has 1 rings (SSSR count). The van der Waals surface area contributed by atoms with Gasteiger partial charge in [0.1, 0.15) is 6.54 Å². The van der Waals surface area contributed by atoms with E-state index in [1.807, 2.05) is 0 Å². The fourth-order valence-corrected chi connectivity index (χ4v) is 0.906. The highest BCUT2D eigenvalue weighted by atomic mass is 16.5. The molecule has 0 unspecified atom stereocenters. The molecule has 0 saturated heterocycles. The number of rotatable bonds is 4. The normalized spacial score (nSPS) is 9.73. The predicted molar refractivity (Wildman–Crippen MR) is 50.0 cm³/mol. The number of carbonyl (C=O) groups is 2. The van der Waals surface area contributed by atoms with Gasteiger partial charge in [0.25, 0.3) is 5.91 Å². The summed E-state index contributed by atoms with van der Waals surface area (Å²) in [6.07, 6.45) is 1.46. The summed E-state index contributed by atoms with van der Waals surface area (Å²) in [5.74, 6) is -0.925. The standard InChI is InChI=1S/C8H12N4O3/c1-3-15-7(13)4-9-8(14)6-5-12(2)11-10-6/h5H,3-4H2,1-2H3,(H,9,14). The number of ether oxygens (including phenoxy) is 1. The minimum absolute atomic E-state index is 0.163. The zero-order chi connectivity index (χ0) is 11.3. The van der Waals surface area contributed by atoms with Gasteiger partial charge in [-0.05, 0) is 6.92 Å². The highest BCUT2D eigenvalue weighted by Gasteiger charge is 2.11. The van der Waals surface area contributed by atoms with E-state index in [2.05, 4.69) is 20.4 Å². The van der Waals surface area contributed by atoms with Crippen LogP contribution in [0.25, 0.3) is 0 Å². The Kier molecular flexibility index (Phi) is 3.78. The number of carbonyl (C=O) groups excluding carboxylic acids is 2. The molecule has 1 amide bonds. The van der Waals surface area contributed by atoms with E-state index in [1.165, 1.54) is 10.9 Å². The lowest BCUT2D eigenvalue weighted by Gasteiger charge is -2.02. The second-order valence-electron chi connectivity index (χ2n) is 2.77. The van der Waals surface area contributed by atoms with Gasteiger partial charge in [-0.15, -0.1) is 5.10 Å². The summed E-state index contributed by atoms with van der Waals surface area (Å²) in [5, 5.41) is 9.55. The average Bonchev–Trinajstić information content (AvgIpc) is 2.62. The maximum Gasteiger partial charge on any atom is 0.325 e. The van der Waals surface area contributed by atoms with E-state index in [9.17, 15) is 9.59 Å². The number of nitrogens with one attached hydrogen (secondary N) is 1. The molecular formula is C8H12N4O3. The van der Waals surface area contributed by atoms with Crippen molar-refractivity contribution in [2.75, 3.05) is 13.2 Å². The molecule has 0 atom stereocenters. The zero-order valence-corrected chi connectivity index (χ0v) is 8.56. The van der Waals surface area contributed by atoms with Gasteiger partial charge in [-0.1, -0.05) is 5.21 Å². The largest absolute Gasteiger partial charge is 0.465 e. The maximum absolute atomic E-state index is 11.3. The number of hydrogen-bond donors (Lipinski definition) is 1. The number of nitrogens with zero attached hydrogens (tertiary/aromatic N) is 3. The van der Waals surface area contributed by atoms with Crippen LogP contribution in [0.4, 0.5) is 0 Å². The van der Waals surface area contributed by atoms with Gasteiger partial charge in [-0.3, -0.25) is 14.3 Å². The van der Waals surface area contributed by atoms with Crippen LogP contribution in [0.3, 0.4) is 0 Å². The summed E-state index contributed by atoms with van der Waals surface area (Å²) in [6.45, 7) is 1.82. The molecule has 0 bridgehead atoms. The van der Waals surface area contributed by atoms with Gasteiger partial charge >= 0.3 is 5.97 Å². The van der Waals surface area contributed by atoms with E-state index in [-0.39, 0.29) is 12.2 Å². The van der Waals surface area contributed by atoms with E-state index in [4.69, 9.17) is 0 Å². The van der Waals surface area contributed by atoms with Crippen LogP contribution in [0.15, 0.2) is 6.20 Å². The lowest BCUT2D eigenvalue weighted by molar-refractivity contribution is -0.141. The first-order valence-electron chi connectivity index (χ1n) is 4.43. The van der Waals surface area contributed by atoms with Crippen molar-refractivity contribution in [3.8, 4) is 0 Å². The number of esters is 1. The predicted octanol–water partition coefficient (Wildman–Crippen LogP) is -0.892. The van der Waals surface area contributed by atoms with E-state index in [0.717, 1.165) is 0 Å². The van der Waals surface area contributed by atoms with Gasteiger partial charge in [0.15, 0.2) is 5.69 Å². The van der Waals surface area contributed by atoms with Crippen LogP contribution in [0, 0.1) is 0 Å². The molecule has 0 fully saturated rings. The molecule has 1 aromatic rings. The topological polar surface area (TPSA) is 86.1 Å². The van der Waals surface area contributed by atoms with Crippen LogP contribution >= 0.6 is 0 Å². The van der Waals surface area contributed by atoms with E-state index in [0.29, 0.717) is 6.61 Å². The molecule has 0 aromatic carbocycles. The summed E-state index contributed by atoms with van der Waals surface area (Å²) in [6, 6.07) is 0. The summed E-state index contributed by atoms with van der Waals surface area (Å²) in [5.41, 5.74) is 0.168. The van der Waals surface area contributed by atoms with Crippen LogP contribution in [-0.4, -0.2) is 40.0 Å². The van der Waals surface area contributed by atoms with Gasteiger partial charge in [0, 0.05) is 7.05 Å². The molecule has 1 aromatic heterocycles. The molecule has 7 heteroatoms. The Hall–Kier alpha value is -1.92. The molecule has 82 valence electrons. The molecule has 0 saturated carbocycles. The Morgan fingerprint density at radius 1 is 1.60 bits per heavy atom. The summed E-state index contributed by atoms with van der Waals surface area (Å²) in [7, 11) is 1.65. The first-order chi connectivity index (χ1) is 7.13. The molecule has 7 nitrogen and oxygen atoms in total. The Balaban J connectivity index is 2.40. The highest BCUT2D eigenvalue weighted by Crippen LogP contribution is 1.90. The van der Waals surface area contributed by atoms with Crippen LogP contribution in [0.5, 0.6) is 0 Å². The molecule has 0 spiro atoms. The third-order valence-corrected chi connectivity index (χ3v) is 1.53. The smallest absolute Gasteiger partial charge is 0.325 e. The van der Waals surface area contributed by atoms with Crippen LogP contribution < -0.4 is 5.32 Å². The van der Waals surface area contributed by atoms with Crippen LogP contribution in [0.2, 0.25) is 0 Å². The third-order valence-electron chi connectivity index (χ3n) is 1.53. The van der Waals surface area contributed by atoms with E-state index >= 15 is 0 Å². The quantitative estimate of drug-likeness (QED) is 0.654. The van der Waals surface area contributed by atoms with Crippen molar-refractivity contribution in [3.05, 3.63) is 11.9 Å². The molecule has 15 heavy (non-hydrogen) atoms. The first-order valence-corrected chi connectivity index (χ1v) is 4.43. The first kappa shape index (κ1) is 11.2. The van der Waals surface area contributed by atoms with Gasteiger partial charge in [0.05, 0.1) is 12.8 Å². The van der Waals surface area contributed by atoms with Crippen molar-refractivity contribution in [1.82, 2.24) is 20.3 Å². The minimum Gasteiger partial charge on any atom is -0.465 e. The minimum atomic E-state index is -0.477. The average molecular weight is 212 g/mol. The monoisotopic (exact) mass is 212 g/mol. The van der Waals surface area contributed by atoms with Gasteiger partial charge in [-0.2, -0.15) is 0 Å². The van der Waals surface area contributed by atoms with Crippen LogP contribution in [0.1, 0.15) is 17.4 Å². The van der Waals surface area contributed by atoms with Crippen molar-refractivity contribution in [1.29, 1.82) is 0 Å². The molecular weight excluding hydrogens is 200 g/mol. The molecule has 0 radical (unpaired) electrons. The van der Waals surface area contributed by atoms with Crippen molar-refractivity contribution in [2.24, 2.45) is 7.05 Å². The Morgan fingerprint density at radius 3 is 2.87 bits per heavy atom. The van der Waals surface area contributed by atoms with Crippen molar-refractivity contribution >= 4 is 11.9 Å². The van der Waals surface area contributed by atoms with Crippen molar-refractivity contribution in [2.45, 2.75) is 6.92 Å². The number of aryl methyl sites for hydroxylation is 1. The van der Waals surface area contributed by atoms with Gasteiger partial charge in [-0.25, -0.2) is 0 Å². The molecule has 0 aliphatic rings. The van der Waals surface area contributed by atoms with Crippen LogP contribution in [-0.2, 0) is 16.6 Å². The fraction of sp³-hybridized carbons (Fsp3) is 0.500. The van der Waals surface area contributed by atoms with Gasteiger partial charge < -0.3 is 10.1 Å². The summed E-state index contributed by atoms with van der Waals surface area (Å²) in [4.78, 5) is 22.2. The molecule has 1 heterocycles. The summed E-state index contributed by atoms with van der Waals surface area (Å²) < 4.78 is 6.04. The summed E-state index contributed by atoms with van der Waals surface area (Å²) >= 11 is 0. The number of aromatic nitrogens is 3. The Bertz CT molecular complexity index is 361. The number of amides is 1. The van der Waals surface area contributed by atoms with Crippen molar-refractivity contribution in [3.63, 3.8) is 0 Å². The van der Waals surface area contributed by atoms with E-state index in [1.54, 1.807) is 14.0 Å². The number of hydrogen-bond acceptors (Lipinski definition) is 5. The molecule has 1 N–H and O–H groups in total. The van der Waals surface area contributed by atoms with E-state index < -0.39 is 11.9 Å². The second-order valence-corrected chi connectivity index (χ2v) is 2.77. The SMILES string of the molecule is CCOC(=O)CNC(=O)c1cn(C)nn1. The fourth-order valence-electron chi connectivity index (χ4n) is 0.906. The Labute approximate surface area is 86.4 Å². The maximum atomic E-state index is 11.3. The lowest BCUT2D eigenvalue weighted by atomic mass is 10.4. The molecule has 0 aliphatic heterocycles. The van der Waals surface area contributed by atoms with Crippen molar-refractivity contribution < 1.29 is 14.3 Å². The third kappa shape index (κ3) is 3.37. The highest BCUT2D eigenvalue weighted by molar-refractivity contribution is 5.93. The zero-order valence-electron chi connectivity index (χ0n) is 8.56. The Morgan fingerprint density at radius 2 is 2.33 bits per heavy atom. The molecule has 0 aliphatic carbocycles.